The standard InChI is InChI=1S/C14H12BrFO/c1-10-13(16)8-7-12(15)14(10)17-9-11-5-3-2-4-6-11/h2-8H,9H2,1H3. The molecule has 0 atom stereocenters. The molecule has 0 fully saturated rings. The van der Waals surface area contributed by atoms with E-state index in [9.17, 15) is 4.39 Å². The minimum Gasteiger partial charge on any atom is -0.487 e. The van der Waals surface area contributed by atoms with Gasteiger partial charge in [-0.2, -0.15) is 0 Å². The molecule has 0 aliphatic heterocycles. The van der Waals surface area contributed by atoms with E-state index in [4.69, 9.17) is 4.74 Å². The van der Waals surface area contributed by atoms with E-state index in [0.717, 1.165) is 10.0 Å². The van der Waals surface area contributed by atoms with Crippen molar-refractivity contribution in [2.24, 2.45) is 0 Å². The first kappa shape index (κ1) is 12.1. The molecule has 0 heterocycles. The molecule has 2 rings (SSSR count). The van der Waals surface area contributed by atoms with Gasteiger partial charge in [-0.25, -0.2) is 4.39 Å². The summed E-state index contributed by atoms with van der Waals surface area (Å²) in [6.07, 6.45) is 0. The molecule has 0 saturated carbocycles. The Morgan fingerprint density at radius 1 is 1.12 bits per heavy atom. The lowest BCUT2D eigenvalue weighted by atomic mass is 10.2. The van der Waals surface area contributed by atoms with E-state index in [2.05, 4.69) is 15.9 Å². The molecular formula is C14H12BrFO. The van der Waals surface area contributed by atoms with Crippen molar-refractivity contribution < 1.29 is 9.13 Å². The zero-order valence-electron chi connectivity index (χ0n) is 9.41. The maximum Gasteiger partial charge on any atom is 0.139 e. The Hall–Kier alpha value is -1.35. The molecule has 0 saturated heterocycles. The number of ether oxygens (including phenoxy) is 1. The molecule has 0 radical (unpaired) electrons. The summed E-state index contributed by atoms with van der Waals surface area (Å²) in [6, 6.07) is 12.9. The van der Waals surface area contributed by atoms with Crippen LogP contribution in [0.15, 0.2) is 46.9 Å². The van der Waals surface area contributed by atoms with Crippen molar-refractivity contribution in [1.29, 1.82) is 0 Å². The van der Waals surface area contributed by atoms with E-state index in [1.54, 1.807) is 13.0 Å². The lowest BCUT2D eigenvalue weighted by Gasteiger charge is -2.11. The van der Waals surface area contributed by atoms with E-state index < -0.39 is 0 Å². The van der Waals surface area contributed by atoms with Gasteiger partial charge in [0.15, 0.2) is 0 Å². The van der Waals surface area contributed by atoms with Crippen molar-refractivity contribution >= 4 is 15.9 Å². The highest BCUT2D eigenvalue weighted by Crippen LogP contribution is 2.31. The molecule has 0 aliphatic rings. The van der Waals surface area contributed by atoms with Gasteiger partial charge >= 0.3 is 0 Å². The predicted octanol–water partition coefficient (Wildman–Crippen LogP) is 4.48. The lowest BCUT2D eigenvalue weighted by Crippen LogP contribution is -1.99. The lowest BCUT2D eigenvalue weighted by molar-refractivity contribution is 0.300. The summed E-state index contributed by atoms with van der Waals surface area (Å²) in [7, 11) is 0. The number of halogens is 2. The molecule has 3 heteroatoms. The van der Waals surface area contributed by atoms with Crippen LogP contribution < -0.4 is 4.74 Å². The molecule has 0 unspecified atom stereocenters. The van der Waals surface area contributed by atoms with Crippen LogP contribution in [0.25, 0.3) is 0 Å². The zero-order chi connectivity index (χ0) is 12.3. The van der Waals surface area contributed by atoms with E-state index in [-0.39, 0.29) is 5.82 Å². The smallest absolute Gasteiger partial charge is 0.139 e. The van der Waals surface area contributed by atoms with Crippen LogP contribution in [0.2, 0.25) is 0 Å². The Labute approximate surface area is 108 Å². The molecule has 0 N–H and O–H groups in total. The monoisotopic (exact) mass is 294 g/mol. The number of rotatable bonds is 3. The summed E-state index contributed by atoms with van der Waals surface area (Å²) in [5.41, 5.74) is 1.58. The van der Waals surface area contributed by atoms with Crippen molar-refractivity contribution in [3.63, 3.8) is 0 Å². The number of benzene rings is 2. The maximum atomic E-state index is 13.4. The Bertz CT molecular complexity index is 511. The van der Waals surface area contributed by atoms with Crippen LogP contribution in [-0.4, -0.2) is 0 Å². The third kappa shape index (κ3) is 2.86. The van der Waals surface area contributed by atoms with E-state index >= 15 is 0 Å². The summed E-state index contributed by atoms with van der Waals surface area (Å²) >= 11 is 3.36. The van der Waals surface area contributed by atoms with Crippen LogP contribution in [-0.2, 0) is 6.61 Å². The van der Waals surface area contributed by atoms with Gasteiger partial charge < -0.3 is 4.74 Å². The van der Waals surface area contributed by atoms with Crippen LogP contribution in [0.3, 0.4) is 0 Å². The van der Waals surface area contributed by atoms with Crippen molar-refractivity contribution in [3.8, 4) is 5.75 Å². The van der Waals surface area contributed by atoms with Gasteiger partial charge in [0, 0.05) is 5.56 Å². The fraction of sp³-hybridized carbons (Fsp3) is 0.143. The van der Waals surface area contributed by atoms with Gasteiger partial charge in [-0.15, -0.1) is 0 Å². The Morgan fingerprint density at radius 2 is 1.82 bits per heavy atom. The Morgan fingerprint density at radius 3 is 2.53 bits per heavy atom. The Balaban J connectivity index is 2.17. The predicted molar refractivity (Wildman–Crippen MR) is 69.6 cm³/mol. The molecule has 2 aromatic rings. The second-order valence-electron chi connectivity index (χ2n) is 3.76. The first-order valence-corrected chi connectivity index (χ1v) is 6.09. The topological polar surface area (TPSA) is 9.23 Å². The third-order valence-electron chi connectivity index (χ3n) is 2.52. The fourth-order valence-electron chi connectivity index (χ4n) is 1.54. The first-order chi connectivity index (χ1) is 8.18. The highest BCUT2D eigenvalue weighted by atomic mass is 79.9. The van der Waals surface area contributed by atoms with Gasteiger partial charge in [-0.1, -0.05) is 30.3 Å². The highest BCUT2D eigenvalue weighted by Gasteiger charge is 2.09. The van der Waals surface area contributed by atoms with Crippen LogP contribution >= 0.6 is 15.9 Å². The molecule has 2 aromatic carbocycles. The second kappa shape index (κ2) is 5.32. The Kier molecular flexibility index (Phi) is 3.79. The van der Waals surface area contributed by atoms with Crippen LogP contribution in [0.4, 0.5) is 4.39 Å². The molecule has 0 amide bonds. The van der Waals surface area contributed by atoms with Crippen molar-refractivity contribution in [2.75, 3.05) is 0 Å². The zero-order valence-corrected chi connectivity index (χ0v) is 11.0. The van der Waals surface area contributed by atoms with Crippen LogP contribution in [0.1, 0.15) is 11.1 Å². The summed E-state index contributed by atoms with van der Waals surface area (Å²) in [6.45, 7) is 2.14. The van der Waals surface area contributed by atoms with Crippen molar-refractivity contribution in [3.05, 3.63) is 63.9 Å². The minimum atomic E-state index is -0.253. The molecule has 0 aliphatic carbocycles. The van der Waals surface area contributed by atoms with E-state index in [0.29, 0.717) is 17.9 Å². The highest BCUT2D eigenvalue weighted by molar-refractivity contribution is 9.10. The summed E-state index contributed by atoms with van der Waals surface area (Å²) in [4.78, 5) is 0. The normalized spacial score (nSPS) is 10.3. The largest absolute Gasteiger partial charge is 0.487 e. The number of hydrogen-bond acceptors (Lipinski definition) is 1. The molecular weight excluding hydrogens is 283 g/mol. The third-order valence-corrected chi connectivity index (χ3v) is 3.14. The van der Waals surface area contributed by atoms with Crippen LogP contribution in [0.5, 0.6) is 5.75 Å². The summed E-state index contributed by atoms with van der Waals surface area (Å²) < 4.78 is 19.8. The van der Waals surface area contributed by atoms with Gasteiger partial charge in [0.1, 0.15) is 18.2 Å². The van der Waals surface area contributed by atoms with E-state index in [1.165, 1.54) is 6.07 Å². The minimum absolute atomic E-state index is 0.253. The molecule has 88 valence electrons. The van der Waals surface area contributed by atoms with Crippen LogP contribution in [0, 0.1) is 12.7 Å². The first-order valence-electron chi connectivity index (χ1n) is 5.30. The molecule has 0 bridgehead atoms. The SMILES string of the molecule is Cc1c(F)ccc(Br)c1OCc1ccccc1. The molecule has 17 heavy (non-hydrogen) atoms. The maximum absolute atomic E-state index is 13.4. The van der Waals surface area contributed by atoms with Gasteiger partial charge in [0.2, 0.25) is 0 Å². The average Bonchev–Trinajstić information content (AvgIpc) is 2.35. The average molecular weight is 295 g/mol. The van der Waals surface area contributed by atoms with Gasteiger partial charge in [0.05, 0.1) is 4.47 Å². The summed E-state index contributed by atoms with van der Waals surface area (Å²) in [5, 5.41) is 0. The van der Waals surface area contributed by atoms with Crippen molar-refractivity contribution in [2.45, 2.75) is 13.5 Å². The molecule has 0 aromatic heterocycles. The molecule has 1 nitrogen and oxygen atoms in total. The summed E-state index contributed by atoms with van der Waals surface area (Å²) in [5.74, 6) is 0.310. The van der Waals surface area contributed by atoms with Crippen molar-refractivity contribution in [1.82, 2.24) is 0 Å². The fourth-order valence-corrected chi connectivity index (χ4v) is 2.09. The quantitative estimate of drug-likeness (QED) is 0.811. The van der Waals surface area contributed by atoms with Gasteiger partial charge in [-0.05, 0) is 40.5 Å². The second-order valence-corrected chi connectivity index (χ2v) is 4.61. The van der Waals surface area contributed by atoms with Gasteiger partial charge in [-0.3, -0.25) is 0 Å². The van der Waals surface area contributed by atoms with Gasteiger partial charge in [0.25, 0.3) is 0 Å². The molecule has 0 spiro atoms. The number of hydrogen-bond donors (Lipinski definition) is 0. The van der Waals surface area contributed by atoms with E-state index in [1.807, 2.05) is 30.3 Å².